The molecule has 0 aliphatic carbocycles. The lowest BCUT2D eigenvalue weighted by Gasteiger charge is -2.17. The summed E-state index contributed by atoms with van der Waals surface area (Å²) in [7, 11) is 1.64. The Bertz CT molecular complexity index is 113. The van der Waals surface area contributed by atoms with Crippen molar-refractivity contribution in [3.05, 3.63) is 0 Å². The van der Waals surface area contributed by atoms with Gasteiger partial charge in [0, 0.05) is 19.0 Å². The lowest BCUT2D eigenvalue weighted by atomic mass is 10.6. The van der Waals surface area contributed by atoms with E-state index in [-0.39, 0.29) is 6.29 Å². The van der Waals surface area contributed by atoms with Crippen LogP contribution in [0.2, 0.25) is 0 Å². The second kappa shape index (κ2) is 11.4. The molecular weight excluding hydrogens is 252 g/mol. The predicted octanol–water partition coefficient (Wildman–Crippen LogP) is 1.42. The third kappa shape index (κ3) is 8.90. The van der Waals surface area contributed by atoms with Crippen LogP contribution in [0.5, 0.6) is 0 Å². The third-order valence-electron chi connectivity index (χ3n) is 1.42. The molecule has 0 bridgehead atoms. The summed E-state index contributed by atoms with van der Waals surface area (Å²) in [5, 5.41) is 0.800. The van der Waals surface area contributed by atoms with Crippen LogP contribution in [0.25, 0.3) is 0 Å². The molecule has 14 heavy (non-hydrogen) atoms. The van der Waals surface area contributed by atoms with Gasteiger partial charge in [-0.3, -0.25) is 0 Å². The summed E-state index contributed by atoms with van der Waals surface area (Å²) in [6.07, 6.45) is -0.269. The molecule has 0 aliphatic rings. The van der Waals surface area contributed by atoms with Crippen molar-refractivity contribution in [3.63, 3.8) is 0 Å². The van der Waals surface area contributed by atoms with Crippen molar-refractivity contribution in [2.45, 2.75) is 13.2 Å². The third-order valence-corrected chi connectivity index (χ3v) is 1.74. The number of hydrogen-bond donors (Lipinski definition) is 0. The quantitative estimate of drug-likeness (QED) is 0.342. The second-order valence-electron chi connectivity index (χ2n) is 2.51. The fourth-order valence-electron chi connectivity index (χ4n) is 0.828. The van der Waals surface area contributed by atoms with Crippen molar-refractivity contribution in [2.75, 3.05) is 45.5 Å². The average molecular weight is 271 g/mol. The van der Waals surface area contributed by atoms with Crippen LogP contribution >= 0.6 is 15.9 Å². The minimum absolute atomic E-state index is 0.269. The number of alkyl halides is 1. The van der Waals surface area contributed by atoms with Gasteiger partial charge in [-0.05, 0) is 6.92 Å². The van der Waals surface area contributed by atoms with E-state index < -0.39 is 0 Å². The van der Waals surface area contributed by atoms with Crippen LogP contribution in [0.1, 0.15) is 6.92 Å². The Hall–Kier alpha value is 0.320. The van der Waals surface area contributed by atoms with Gasteiger partial charge >= 0.3 is 0 Å². The van der Waals surface area contributed by atoms with Crippen LogP contribution in [0.4, 0.5) is 0 Å². The molecule has 0 aliphatic heterocycles. The van der Waals surface area contributed by atoms with E-state index in [2.05, 4.69) is 15.9 Å². The van der Waals surface area contributed by atoms with Crippen molar-refractivity contribution >= 4 is 15.9 Å². The normalized spacial score (nSPS) is 13.1. The second-order valence-corrected chi connectivity index (χ2v) is 3.31. The first-order valence-electron chi connectivity index (χ1n) is 4.71. The Morgan fingerprint density at radius 2 is 1.93 bits per heavy atom. The molecule has 0 fully saturated rings. The Labute approximate surface area is 94.0 Å². The fourth-order valence-corrected chi connectivity index (χ4v) is 1.01. The van der Waals surface area contributed by atoms with E-state index in [9.17, 15) is 0 Å². The van der Waals surface area contributed by atoms with Gasteiger partial charge in [-0.15, -0.1) is 0 Å². The highest BCUT2D eigenvalue weighted by molar-refractivity contribution is 9.09. The van der Waals surface area contributed by atoms with Crippen LogP contribution in [0.3, 0.4) is 0 Å². The molecule has 0 saturated carbocycles. The molecule has 0 heterocycles. The largest absolute Gasteiger partial charge is 0.382 e. The number of ether oxygens (including phenoxy) is 4. The van der Waals surface area contributed by atoms with E-state index in [4.69, 9.17) is 18.9 Å². The molecule has 0 radical (unpaired) electrons. The Morgan fingerprint density at radius 3 is 2.50 bits per heavy atom. The van der Waals surface area contributed by atoms with Crippen molar-refractivity contribution < 1.29 is 18.9 Å². The zero-order chi connectivity index (χ0) is 10.6. The van der Waals surface area contributed by atoms with Gasteiger partial charge < -0.3 is 18.9 Å². The highest BCUT2D eigenvalue weighted by Crippen LogP contribution is 1.97. The highest BCUT2D eigenvalue weighted by atomic mass is 79.9. The maximum atomic E-state index is 5.38. The molecule has 0 rings (SSSR count). The molecule has 0 spiro atoms. The number of methoxy groups -OCH3 is 1. The number of rotatable bonds is 10. The number of halogens is 1. The van der Waals surface area contributed by atoms with E-state index in [1.165, 1.54) is 0 Å². The summed E-state index contributed by atoms with van der Waals surface area (Å²) in [5.41, 5.74) is 0. The molecule has 0 saturated heterocycles. The van der Waals surface area contributed by atoms with E-state index in [0.29, 0.717) is 33.0 Å². The van der Waals surface area contributed by atoms with Gasteiger partial charge in [-0.1, -0.05) is 15.9 Å². The first-order valence-corrected chi connectivity index (χ1v) is 5.83. The predicted molar refractivity (Wildman–Crippen MR) is 57.9 cm³/mol. The SMILES string of the molecule is CCOC(COCCOC)OCCBr. The van der Waals surface area contributed by atoms with Crippen LogP contribution < -0.4 is 0 Å². The Morgan fingerprint density at radius 1 is 1.14 bits per heavy atom. The summed E-state index contributed by atoms with van der Waals surface area (Å²) >= 11 is 3.28. The Balaban J connectivity index is 3.40. The summed E-state index contributed by atoms with van der Waals surface area (Å²) < 4.78 is 20.8. The standard InChI is InChI=1S/C9H19BrO4/c1-3-13-9(14-5-4-10)8-12-7-6-11-2/h9H,3-8H2,1-2H3. The molecule has 5 heteroatoms. The summed E-state index contributed by atoms with van der Waals surface area (Å²) in [6, 6.07) is 0. The van der Waals surface area contributed by atoms with Gasteiger partial charge in [-0.2, -0.15) is 0 Å². The molecule has 1 atom stereocenters. The van der Waals surface area contributed by atoms with Gasteiger partial charge in [0.15, 0.2) is 6.29 Å². The molecule has 1 unspecified atom stereocenters. The zero-order valence-corrected chi connectivity index (χ0v) is 10.4. The van der Waals surface area contributed by atoms with Gasteiger partial charge in [0.05, 0.1) is 26.4 Å². The molecule has 0 amide bonds. The highest BCUT2D eigenvalue weighted by Gasteiger charge is 2.07. The van der Waals surface area contributed by atoms with E-state index in [0.717, 1.165) is 5.33 Å². The van der Waals surface area contributed by atoms with Crippen LogP contribution in [-0.4, -0.2) is 51.8 Å². The van der Waals surface area contributed by atoms with Gasteiger partial charge in [0.1, 0.15) is 0 Å². The monoisotopic (exact) mass is 270 g/mol. The van der Waals surface area contributed by atoms with Gasteiger partial charge in [-0.25, -0.2) is 0 Å². The van der Waals surface area contributed by atoms with Crippen molar-refractivity contribution in [1.29, 1.82) is 0 Å². The van der Waals surface area contributed by atoms with Crippen LogP contribution in [0, 0.1) is 0 Å². The topological polar surface area (TPSA) is 36.9 Å². The number of hydrogen-bond acceptors (Lipinski definition) is 4. The Kier molecular flexibility index (Phi) is 11.7. The summed E-state index contributed by atoms with van der Waals surface area (Å²) in [4.78, 5) is 0. The first kappa shape index (κ1) is 14.3. The van der Waals surface area contributed by atoms with Gasteiger partial charge in [0.25, 0.3) is 0 Å². The molecule has 0 N–H and O–H groups in total. The zero-order valence-electron chi connectivity index (χ0n) is 8.83. The van der Waals surface area contributed by atoms with E-state index in [1.807, 2.05) is 6.92 Å². The molecule has 0 aromatic heterocycles. The van der Waals surface area contributed by atoms with E-state index in [1.54, 1.807) is 7.11 Å². The average Bonchev–Trinajstić information content (AvgIpc) is 2.20. The van der Waals surface area contributed by atoms with Crippen LogP contribution in [-0.2, 0) is 18.9 Å². The summed E-state index contributed by atoms with van der Waals surface area (Å²) in [6.45, 7) is 4.79. The van der Waals surface area contributed by atoms with Crippen molar-refractivity contribution in [1.82, 2.24) is 0 Å². The maximum Gasteiger partial charge on any atom is 0.180 e. The van der Waals surface area contributed by atoms with E-state index >= 15 is 0 Å². The molecular formula is C9H19BrO4. The van der Waals surface area contributed by atoms with Crippen LogP contribution in [0.15, 0.2) is 0 Å². The minimum atomic E-state index is -0.269. The molecule has 0 aromatic rings. The molecule has 4 nitrogen and oxygen atoms in total. The minimum Gasteiger partial charge on any atom is -0.382 e. The van der Waals surface area contributed by atoms with Crippen molar-refractivity contribution in [2.24, 2.45) is 0 Å². The molecule has 0 aromatic carbocycles. The smallest absolute Gasteiger partial charge is 0.180 e. The van der Waals surface area contributed by atoms with Gasteiger partial charge in [0.2, 0.25) is 0 Å². The lowest BCUT2D eigenvalue weighted by molar-refractivity contribution is -0.168. The lowest BCUT2D eigenvalue weighted by Crippen LogP contribution is -2.25. The fraction of sp³-hybridized carbons (Fsp3) is 1.00. The van der Waals surface area contributed by atoms with Crippen molar-refractivity contribution in [3.8, 4) is 0 Å². The first-order chi connectivity index (χ1) is 6.85. The maximum absolute atomic E-state index is 5.38. The molecule has 86 valence electrons. The summed E-state index contributed by atoms with van der Waals surface area (Å²) in [5.74, 6) is 0.